The standard InChI is InChI=1S/C17H26N4O2.HI/c1-3-21-7-6-14(11-21)10-20-17(18-2)19-9-13-4-5-15-16(8-13)23-12-22-15;/h4-5,8,14H,3,6-7,9-12H2,1-2H3,(H2,18,19,20);1H. The average molecular weight is 446 g/mol. The van der Waals surface area contributed by atoms with E-state index in [1.807, 2.05) is 25.2 Å². The van der Waals surface area contributed by atoms with Crippen LogP contribution in [0.5, 0.6) is 11.5 Å². The summed E-state index contributed by atoms with van der Waals surface area (Å²) < 4.78 is 10.7. The van der Waals surface area contributed by atoms with Gasteiger partial charge in [0.05, 0.1) is 0 Å². The van der Waals surface area contributed by atoms with Crippen molar-refractivity contribution >= 4 is 29.9 Å². The summed E-state index contributed by atoms with van der Waals surface area (Å²) >= 11 is 0. The third kappa shape index (κ3) is 4.89. The summed E-state index contributed by atoms with van der Waals surface area (Å²) in [4.78, 5) is 6.80. The molecule has 1 aromatic rings. The van der Waals surface area contributed by atoms with Gasteiger partial charge in [0.2, 0.25) is 6.79 Å². The second-order valence-corrected chi connectivity index (χ2v) is 6.04. The van der Waals surface area contributed by atoms with Gasteiger partial charge in [-0.1, -0.05) is 13.0 Å². The monoisotopic (exact) mass is 446 g/mol. The highest BCUT2D eigenvalue weighted by atomic mass is 127. The van der Waals surface area contributed by atoms with Crippen LogP contribution in [0.1, 0.15) is 18.9 Å². The van der Waals surface area contributed by atoms with Crippen LogP contribution in [0.25, 0.3) is 0 Å². The van der Waals surface area contributed by atoms with Crippen LogP contribution in [0.15, 0.2) is 23.2 Å². The van der Waals surface area contributed by atoms with Gasteiger partial charge in [-0.05, 0) is 43.1 Å². The molecule has 0 radical (unpaired) electrons. The fourth-order valence-electron chi connectivity index (χ4n) is 3.07. The lowest BCUT2D eigenvalue weighted by Gasteiger charge is -2.16. The van der Waals surface area contributed by atoms with Crippen molar-refractivity contribution in [2.24, 2.45) is 10.9 Å². The molecule has 6 nitrogen and oxygen atoms in total. The zero-order valence-corrected chi connectivity index (χ0v) is 16.7. The summed E-state index contributed by atoms with van der Waals surface area (Å²) in [5.41, 5.74) is 1.15. The number of hydrogen-bond donors (Lipinski definition) is 2. The molecule has 0 spiro atoms. The van der Waals surface area contributed by atoms with E-state index in [1.54, 1.807) is 0 Å². The Morgan fingerprint density at radius 1 is 1.29 bits per heavy atom. The maximum absolute atomic E-state index is 5.41. The molecular formula is C17H27IN4O2. The van der Waals surface area contributed by atoms with Gasteiger partial charge >= 0.3 is 0 Å². The zero-order valence-electron chi connectivity index (χ0n) is 14.4. The maximum Gasteiger partial charge on any atom is 0.231 e. The van der Waals surface area contributed by atoms with Crippen LogP contribution in [-0.4, -0.2) is 50.9 Å². The van der Waals surface area contributed by atoms with Crippen LogP contribution in [0.2, 0.25) is 0 Å². The number of nitrogens with one attached hydrogen (secondary N) is 2. The van der Waals surface area contributed by atoms with Gasteiger partial charge in [-0.25, -0.2) is 0 Å². The first-order valence-corrected chi connectivity index (χ1v) is 8.34. The van der Waals surface area contributed by atoms with E-state index in [4.69, 9.17) is 9.47 Å². The SMILES string of the molecule is CCN1CCC(CNC(=NC)NCc2ccc3c(c2)OCO3)C1.I. The van der Waals surface area contributed by atoms with Crippen LogP contribution in [-0.2, 0) is 6.54 Å². The minimum Gasteiger partial charge on any atom is -0.454 e. The van der Waals surface area contributed by atoms with E-state index in [0.29, 0.717) is 19.3 Å². The van der Waals surface area contributed by atoms with Crippen molar-refractivity contribution in [1.29, 1.82) is 0 Å². The molecule has 1 aromatic carbocycles. The van der Waals surface area contributed by atoms with Gasteiger partial charge in [0.25, 0.3) is 0 Å². The van der Waals surface area contributed by atoms with E-state index in [9.17, 15) is 0 Å². The Kier molecular flexibility index (Phi) is 7.41. The van der Waals surface area contributed by atoms with Gasteiger partial charge in [0.15, 0.2) is 17.5 Å². The van der Waals surface area contributed by atoms with Crippen molar-refractivity contribution in [3.63, 3.8) is 0 Å². The second-order valence-electron chi connectivity index (χ2n) is 6.04. The topological polar surface area (TPSA) is 58.1 Å². The molecular weight excluding hydrogens is 419 g/mol. The van der Waals surface area contributed by atoms with Crippen molar-refractivity contribution in [3.05, 3.63) is 23.8 Å². The van der Waals surface area contributed by atoms with Crippen LogP contribution < -0.4 is 20.1 Å². The molecule has 2 N–H and O–H groups in total. The fourth-order valence-corrected chi connectivity index (χ4v) is 3.07. The Bertz CT molecular complexity index is 568. The van der Waals surface area contributed by atoms with E-state index >= 15 is 0 Å². The normalized spacial score (nSPS) is 19.9. The highest BCUT2D eigenvalue weighted by Gasteiger charge is 2.21. The molecule has 0 bridgehead atoms. The number of ether oxygens (including phenoxy) is 2. The molecule has 0 saturated carbocycles. The Morgan fingerprint density at radius 3 is 2.88 bits per heavy atom. The van der Waals surface area contributed by atoms with Crippen LogP contribution in [0.4, 0.5) is 0 Å². The number of benzene rings is 1. The second kappa shape index (κ2) is 9.31. The predicted molar refractivity (Wildman–Crippen MR) is 106 cm³/mol. The first kappa shape index (κ1) is 19.1. The van der Waals surface area contributed by atoms with Crippen LogP contribution >= 0.6 is 24.0 Å². The summed E-state index contributed by atoms with van der Waals surface area (Å²) in [6.45, 7) is 7.76. The Labute approximate surface area is 161 Å². The van der Waals surface area contributed by atoms with E-state index in [-0.39, 0.29) is 24.0 Å². The molecule has 0 amide bonds. The summed E-state index contributed by atoms with van der Waals surface area (Å²) in [7, 11) is 1.81. The lowest BCUT2D eigenvalue weighted by molar-refractivity contribution is 0.174. The van der Waals surface area contributed by atoms with Gasteiger partial charge < -0.3 is 25.0 Å². The zero-order chi connectivity index (χ0) is 16.1. The molecule has 24 heavy (non-hydrogen) atoms. The molecule has 2 heterocycles. The molecule has 1 atom stereocenters. The number of guanidine groups is 1. The molecule has 134 valence electrons. The summed E-state index contributed by atoms with van der Waals surface area (Å²) in [6.07, 6.45) is 1.26. The van der Waals surface area contributed by atoms with Gasteiger partial charge in [-0.15, -0.1) is 24.0 Å². The van der Waals surface area contributed by atoms with Crippen molar-refractivity contribution < 1.29 is 9.47 Å². The molecule has 1 unspecified atom stereocenters. The average Bonchev–Trinajstić information content (AvgIpc) is 3.23. The third-order valence-corrected chi connectivity index (χ3v) is 4.50. The lowest BCUT2D eigenvalue weighted by atomic mass is 10.1. The maximum atomic E-state index is 5.41. The minimum absolute atomic E-state index is 0. The van der Waals surface area contributed by atoms with Gasteiger partial charge in [0.1, 0.15) is 0 Å². The van der Waals surface area contributed by atoms with E-state index in [1.165, 1.54) is 19.5 Å². The van der Waals surface area contributed by atoms with Gasteiger partial charge in [-0.2, -0.15) is 0 Å². The molecule has 0 aliphatic carbocycles. The number of aliphatic imine (C=N–C) groups is 1. The Hall–Kier alpha value is -1.22. The molecule has 2 aliphatic heterocycles. The lowest BCUT2D eigenvalue weighted by Crippen LogP contribution is -2.39. The van der Waals surface area contributed by atoms with Crippen molar-refractivity contribution in [2.45, 2.75) is 19.9 Å². The summed E-state index contributed by atoms with van der Waals surface area (Å²) in [5.74, 6) is 3.19. The number of fused-ring (bicyclic) bond motifs is 1. The Morgan fingerprint density at radius 2 is 2.12 bits per heavy atom. The van der Waals surface area contributed by atoms with Gasteiger partial charge in [-0.3, -0.25) is 4.99 Å². The van der Waals surface area contributed by atoms with Crippen LogP contribution in [0.3, 0.4) is 0 Å². The van der Waals surface area contributed by atoms with Crippen molar-refractivity contribution in [1.82, 2.24) is 15.5 Å². The highest BCUT2D eigenvalue weighted by Crippen LogP contribution is 2.32. The molecule has 3 rings (SSSR count). The summed E-state index contributed by atoms with van der Waals surface area (Å²) in [5, 5.41) is 6.79. The summed E-state index contributed by atoms with van der Waals surface area (Å²) in [6, 6.07) is 6.01. The molecule has 1 saturated heterocycles. The molecule has 1 fully saturated rings. The molecule has 2 aliphatic rings. The van der Waals surface area contributed by atoms with Crippen molar-refractivity contribution in [3.8, 4) is 11.5 Å². The fraction of sp³-hybridized carbons (Fsp3) is 0.588. The highest BCUT2D eigenvalue weighted by molar-refractivity contribution is 14.0. The van der Waals surface area contributed by atoms with Crippen molar-refractivity contribution in [2.75, 3.05) is 40.0 Å². The first-order valence-electron chi connectivity index (χ1n) is 8.34. The van der Waals surface area contributed by atoms with E-state index in [0.717, 1.165) is 36.1 Å². The molecule has 0 aromatic heterocycles. The van der Waals surface area contributed by atoms with E-state index in [2.05, 4.69) is 27.4 Å². The number of nitrogens with zero attached hydrogens (tertiary/aromatic N) is 2. The minimum atomic E-state index is 0. The number of halogens is 1. The number of rotatable bonds is 5. The first-order chi connectivity index (χ1) is 11.3. The van der Waals surface area contributed by atoms with E-state index < -0.39 is 0 Å². The number of likely N-dealkylation sites (tertiary alicyclic amines) is 1. The quantitative estimate of drug-likeness (QED) is 0.412. The number of hydrogen-bond acceptors (Lipinski definition) is 4. The Balaban J connectivity index is 0.00000208. The predicted octanol–water partition coefficient (Wildman–Crippen LogP) is 2.04. The smallest absolute Gasteiger partial charge is 0.231 e. The largest absolute Gasteiger partial charge is 0.454 e. The van der Waals surface area contributed by atoms with Gasteiger partial charge in [0, 0.05) is 26.7 Å². The third-order valence-electron chi connectivity index (χ3n) is 4.50. The van der Waals surface area contributed by atoms with Crippen LogP contribution in [0, 0.1) is 5.92 Å². The molecule has 7 heteroatoms.